The fourth-order valence-electron chi connectivity index (χ4n) is 10.1. The number of ether oxygens (including phenoxy) is 1. The van der Waals surface area contributed by atoms with Gasteiger partial charge < -0.3 is 19.4 Å². The van der Waals surface area contributed by atoms with Gasteiger partial charge in [0.05, 0.1) is 33.8 Å². The Bertz CT molecular complexity index is 1570. The smallest absolute Gasteiger partial charge is 0.456 e. The number of rotatable bonds is 63. The van der Waals surface area contributed by atoms with Crippen LogP contribution in [0.4, 0.5) is 0 Å². The fraction of sp³-hybridized carbons (Fsp3) is 0.831. The molecular formula is C71H134N2O7P+. The number of allylic oxidation sites excluding steroid dienone is 9. The molecule has 0 heterocycles. The standard InChI is InChI=1S/C71H133N2O7P/c1-7-10-13-16-19-22-25-27-29-31-33-34-35-36-37-38-40-41-43-45-48-51-54-57-60-63-70(74)72-68(67-79-81(76,77)78-66-65-73(4,5)6)69(62-59-56-53-50-47-24-21-18-15-12-9-3)80-71(75)64-61-58-55-52-49-46-44-42-39-32-30-28-26-23-20-17-14-11-8-2/h19,22,27-30,33-34,59,62,68-69H,7-18,20-21,23-26,31-32,35-58,60-61,63-67H2,1-6H3,(H-,72,74,76,77)/p+1/b22-19-,29-27-,30-28+,34-33-,62-59-. The largest absolute Gasteiger partial charge is 0.472 e. The van der Waals surface area contributed by atoms with Crippen molar-refractivity contribution in [1.82, 2.24) is 5.32 Å². The zero-order valence-electron chi connectivity index (χ0n) is 54.3. The summed E-state index contributed by atoms with van der Waals surface area (Å²) >= 11 is 0. The lowest BCUT2D eigenvalue weighted by atomic mass is 10.0. The number of amides is 1. The molecule has 9 nitrogen and oxygen atoms in total. The summed E-state index contributed by atoms with van der Waals surface area (Å²) < 4.78 is 30.8. The average Bonchev–Trinajstić information content (AvgIpc) is 3.44. The SMILES string of the molecule is CCCCC/C=C\C/C=C\C/C=C\CCCCCCCCCCCCCCC(=O)NC(COP(=O)(O)OCC[N+](C)(C)C)C(/C=C\CCCCCCCCCCC)OC(=O)CCCCCCCCCCC/C=C/CCCCCCCC. The van der Waals surface area contributed by atoms with Crippen LogP contribution in [0.15, 0.2) is 60.8 Å². The molecule has 0 aromatic heterocycles. The molecule has 0 saturated carbocycles. The maximum absolute atomic E-state index is 13.6. The first-order valence-corrected chi connectivity index (χ1v) is 36.1. The Balaban J connectivity index is 5.05. The molecule has 0 aromatic carbocycles. The van der Waals surface area contributed by atoms with Crippen molar-refractivity contribution in [1.29, 1.82) is 0 Å². The number of nitrogens with zero attached hydrogens (tertiary/aromatic N) is 1. The molecule has 0 saturated heterocycles. The number of likely N-dealkylation sites (N-methyl/N-ethyl adjacent to an activating group) is 1. The van der Waals surface area contributed by atoms with Gasteiger partial charge in [-0.25, -0.2) is 4.57 Å². The van der Waals surface area contributed by atoms with Crippen molar-refractivity contribution >= 4 is 19.7 Å². The first kappa shape index (κ1) is 78.7. The van der Waals surface area contributed by atoms with Crippen LogP contribution in [0.5, 0.6) is 0 Å². The molecule has 0 aliphatic heterocycles. The van der Waals surface area contributed by atoms with Crippen LogP contribution in [0.2, 0.25) is 0 Å². The van der Waals surface area contributed by atoms with Gasteiger partial charge in [0.2, 0.25) is 5.91 Å². The molecule has 0 spiro atoms. The van der Waals surface area contributed by atoms with Crippen LogP contribution >= 0.6 is 7.82 Å². The molecule has 0 bridgehead atoms. The monoisotopic (exact) mass is 1160 g/mol. The Kier molecular flexibility index (Phi) is 59.1. The lowest BCUT2D eigenvalue weighted by Crippen LogP contribution is -2.47. The molecule has 0 aliphatic carbocycles. The van der Waals surface area contributed by atoms with E-state index in [9.17, 15) is 19.0 Å². The van der Waals surface area contributed by atoms with Gasteiger partial charge in [0.25, 0.3) is 0 Å². The Morgan fingerprint density at radius 3 is 1.16 bits per heavy atom. The number of esters is 1. The summed E-state index contributed by atoms with van der Waals surface area (Å²) in [4.78, 5) is 37.8. The van der Waals surface area contributed by atoms with Gasteiger partial charge in [-0.05, 0) is 96.0 Å². The van der Waals surface area contributed by atoms with Gasteiger partial charge in [-0.1, -0.05) is 281 Å². The van der Waals surface area contributed by atoms with Crippen molar-refractivity contribution in [2.24, 2.45) is 0 Å². The zero-order valence-corrected chi connectivity index (χ0v) is 55.2. The van der Waals surface area contributed by atoms with E-state index >= 15 is 0 Å². The quantitative estimate of drug-likeness (QED) is 0.0205. The first-order valence-electron chi connectivity index (χ1n) is 34.6. The van der Waals surface area contributed by atoms with Gasteiger partial charge in [-0.3, -0.25) is 18.6 Å². The zero-order chi connectivity index (χ0) is 59.3. The van der Waals surface area contributed by atoms with Gasteiger partial charge >= 0.3 is 13.8 Å². The van der Waals surface area contributed by atoms with Crippen LogP contribution in [0.25, 0.3) is 0 Å². The van der Waals surface area contributed by atoms with E-state index in [0.29, 0.717) is 17.4 Å². The maximum Gasteiger partial charge on any atom is 0.472 e. The summed E-state index contributed by atoms with van der Waals surface area (Å²) in [6, 6.07) is -0.851. The van der Waals surface area contributed by atoms with E-state index in [1.165, 1.54) is 225 Å². The third-order valence-electron chi connectivity index (χ3n) is 15.4. The van der Waals surface area contributed by atoms with Crippen LogP contribution in [0.3, 0.4) is 0 Å². The summed E-state index contributed by atoms with van der Waals surface area (Å²) in [6.45, 7) is 7.01. The number of nitrogens with one attached hydrogen (secondary N) is 1. The fourth-order valence-corrected chi connectivity index (χ4v) is 10.8. The van der Waals surface area contributed by atoms with Crippen LogP contribution in [0, 0.1) is 0 Å². The number of carbonyl (C=O) groups excluding carboxylic acids is 2. The minimum Gasteiger partial charge on any atom is -0.456 e. The second-order valence-corrected chi connectivity index (χ2v) is 26.1. The third-order valence-corrected chi connectivity index (χ3v) is 16.4. The van der Waals surface area contributed by atoms with Crippen molar-refractivity contribution in [2.45, 2.75) is 341 Å². The molecule has 81 heavy (non-hydrogen) atoms. The number of phosphoric acid groups is 1. The predicted octanol–water partition coefficient (Wildman–Crippen LogP) is 21.8. The Hall–Kier alpha value is -2.29. The highest BCUT2D eigenvalue weighted by Crippen LogP contribution is 2.43. The van der Waals surface area contributed by atoms with E-state index in [-0.39, 0.29) is 31.5 Å². The molecule has 10 heteroatoms. The number of hydrogen-bond donors (Lipinski definition) is 2. The molecule has 0 radical (unpaired) electrons. The second kappa shape index (κ2) is 60.8. The van der Waals surface area contributed by atoms with E-state index < -0.39 is 20.0 Å². The van der Waals surface area contributed by atoms with Crippen molar-refractivity contribution < 1.29 is 37.3 Å². The summed E-state index contributed by atoms with van der Waals surface area (Å²) in [5.74, 6) is -0.500. The highest BCUT2D eigenvalue weighted by Gasteiger charge is 2.30. The number of hydrogen-bond acceptors (Lipinski definition) is 6. The lowest BCUT2D eigenvalue weighted by molar-refractivity contribution is -0.870. The van der Waals surface area contributed by atoms with E-state index in [1.807, 2.05) is 33.3 Å². The highest BCUT2D eigenvalue weighted by molar-refractivity contribution is 7.47. The minimum atomic E-state index is -4.45. The van der Waals surface area contributed by atoms with Gasteiger partial charge in [0.1, 0.15) is 19.3 Å². The van der Waals surface area contributed by atoms with Crippen LogP contribution < -0.4 is 5.32 Å². The molecule has 2 N–H and O–H groups in total. The van der Waals surface area contributed by atoms with E-state index in [4.69, 9.17) is 13.8 Å². The highest BCUT2D eigenvalue weighted by atomic mass is 31.2. The van der Waals surface area contributed by atoms with Gasteiger partial charge in [0.15, 0.2) is 0 Å². The minimum absolute atomic E-state index is 0.0395. The maximum atomic E-state index is 13.6. The summed E-state index contributed by atoms with van der Waals surface area (Å²) in [6.07, 6.45) is 78.0. The Morgan fingerprint density at radius 1 is 0.432 bits per heavy atom. The summed E-state index contributed by atoms with van der Waals surface area (Å²) in [7, 11) is 1.50. The van der Waals surface area contributed by atoms with E-state index in [0.717, 1.165) is 70.6 Å². The van der Waals surface area contributed by atoms with Crippen molar-refractivity contribution in [3.63, 3.8) is 0 Å². The molecule has 1 amide bonds. The summed E-state index contributed by atoms with van der Waals surface area (Å²) in [5, 5.41) is 3.07. The number of phosphoric ester groups is 1. The van der Waals surface area contributed by atoms with E-state index in [2.05, 4.69) is 74.7 Å². The van der Waals surface area contributed by atoms with E-state index in [1.54, 1.807) is 0 Å². The molecule has 0 rings (SSSR count). The number of quaternary nitrogens is 1. The third kappa shape index (κ3) is 62.1. The lowest BCUT2D eigenvalue weighted by Gasteiger charge is -2.27. The average molecular weight is 1160 g/mol. The molecule has 3 unspecified atom stereocenters. The topological polar surface area (TPSA) is 111 Å². The van der Waals surface area contributed by atoms with Gasteiger partial charge in [-0.2, -0.15) is 0 Å². The van der Waals surface area contributed by atoms with Crippen molar-refractivity contribution in [2.75, 3.05) is 40.9 Å². The molecular weight excluding hydrogens is 1020 g/mol. The van der Waals surface area contributed by atoms with Gasteiger partial charge in [-0.15, -0.1) is 0 Å². The van der Waals surface area contributed by atoms with Crippen LogP contribution in [-0.4, -0.2) is 74.3 Å². The Morgan fingerprint density at radius 2 is 0.753 bits per heavy atom. The first-order chi connectivity index (χ1) is 39.4. The molecule has 474 valence electrons. The Labute approximate surface area is 502 Å². The summed E-state index contributed by atoms with van der Waals surface area (Å²) in [5.41, 5.74) is 0. The molecule has 0 aliphatic rings. The van der Waals surface area contributed by atoms with Gasteiger partial charge in [0, 0.05) is 12.8 Å². The van der Waals surface area contributed by atoms with Crippen molar-refractivity contribution in [3.05, 3.63) is 60.8 Å². The molecule has 3 atom stereocenters. The number of carbonyl (C=O) groups is 2. The molecule has 0 aromatic rings. The number of unbranched alkanes of at least 4 members (excludes halogenated alkanes) is 39. The second-order valence-electron chi connectivity index (χ2n) is 24.7. The van der Waals surface area contributed by atoms with Crippen LogP contribution in [0.1, 0.15) is 329 Å². The van der Waals surface area contributed by atoms with Crippen LogP contribution in [-0.2, 0) is 27.9 Å². The molecule has 0 fully saturated rings. The predicted molar refractivity (Wildman–Crippen MR) is 351 cm³/mol. The van der Waals surface area contributed by atoms with Crippen molar-refractivity contribution in [3.8, 4) is 0 Å². The normalized spacial score (nSPS) is 13.9.